The molecule has 0 saturated carbocycles. The third-order valence-electron chi connectivity index (χ3n) is 4.15. The number of aryl methyl sites for hydroxylation is 1. The van der Waals surface area contributed by atoms with Gasteiger partial charge in [-0.25, -0.2) is 0 Å². The van der Waals surface area contributed by atoms with Crippen molar-refractivity contribution >= 4 is 22.5 Å². The van der Waals surface area contributed by atoms with E-state index in [0.29, 0.717) is 12.3 Å². The SMILES string of the molecule is Cc1ccc2cc(C(=O)Nc3ccc(OCCCN(C)C)cc3)[nH]c2c1. The van der Waals surface area contributed by atoms with Crippen molar-refractivity contribution in [3.8, 4) is 5.75 Å². The van der Waals surface area contributed by atoms with Crippen molar-refractivity contribution in [1.82, 2.24) is 9.88 Å². The van der Waals surface area contributed by atoms with Crippen molar-refractivity contribution in [2.24, 2.45) is 0 Å². The molecule has 0 aliphatic heterocycles. The number of aromatic nitrogens is 1. The highest BCUT2D eigenvalue weighted by Crippen LogP contribution is 2.19. The average molecular weight is 351 g/mol. The molecule has 5 nitrogen and oxygen atoms in total. The molecule has 0 atom stereocenters. The number of aromatic amines is 1. The highest BCUT2D eigenvalue weighted by molar-refractivity contribution is 6.05. The molecule has 0 bridgehead atoms. The highest BCUT2D eigenvalue weighted by Gasteiger charge is 2.10. The molecule has 0 unspecified atom stereocenters. The van der Waals surface area contributed by atoms with E-state index < -0.39 is 0 Å². The lowest BCUT2D eigenvalue weighted by Gasteiger charge is -2.11. The molecule has 1 aromatic heterocycles. The summed E-state index contributed by atoms with van der Waals surface area (Å²) < 4.78 is 5.71. The van der Waals surface area contributed by atoms with Gasteiger partial charge in [0.1, 0.15) is 11.4 Å². The molecule has 2 N–H and O–H groups in total. The van der Waals surface area contributed by atoms with E-state index >= 15 is 0 Å². The molecule has 1 heterocycles. The van der Waals surface area contributed by atoms with Crippen molar-refractivity contribution < 1.29 is 9.53 Å². The number of nitrogens with one attached hydrogen (secondary N) is 2. The minimum atomic E-state index is -0.154. The molecule has 0 spiro atoms. The number of benzene rings is 2. The predicted octanol–water partition coefficient (Wildman–Crippen LogP) is 4.06. The van der Waals surface area contributed by atoms with Crippen LogP contribution < -0.4 is 10.1 Å². The standard InChI is InChI=1S/C21H25N3O2/c1-15-5-6-16-14-20(23-19(16)13-15)21(25)22-17-7-9-18(10-8-17)26-12-4-11-24(2)3/h5-10,13-14,23H,4,11-12H2,1-3H3,(H,22,25). The summed E-state index contributed by atoms with van der Waals surface area (Å²) in [5, 5.41) is 3.94. The number of rotatable bonds is 7. The van der Waals surface area contributed by atoms with Gasteiger partial charge in [0, 0.05) is 23.1 Å². The summed E-state index contributed by atoms with van der Waals surface area (Å²) in [6, 6.07) is 15.4. The Bertz CT molecular complexity index is 882. The van der Waals surface area contributed by atoms with E-state index in [1.807, 2.05) is 69.6 Å². The normalized spacial score (nSPS) is 11.1. The van der Waals surface area contributed by atoms with Gasteiger partial charge < -0.3 is 19.9 Å². The topological polar surface area (TPSA) is 57.4 Å². The Kier molecular flexibility index (Phi) is 5.58. The van der Waals surface area contributed by atoms with Crippen LogP contribution in [0.25, 0.3) is 10.9 Å². The maximum Gasteiger partial charge on any atom is 0.272 e. The van der Waals surface area contributed by atoms with Gasteiger partial charge in [-0.05, 0) is 69.4 Å². The zero-order chi connectivity index (χ0) is 18.5. The van der Waals surface area contributed by atoms with Gasteiger partial charge in [-0.15, -0.1) is 0 Å². The Labute approximate surface area is 154 Å². The Morgan fingerprint density at radius 3 is 2.62 bits per heavy atom. The van der Waals surface area contributed by atoms with E-state index in [1.54, 1.807) is 0 Å². The van der Waals surface area contributed by atoms with Crippen molar-refractivity contribution in [1.29, 1.82) is 0 Å². The molecular formula is C21H25N3O2. The molecule has 0 aliphatic rings. The van der Waals surface area contributed by atoms with Crippen LogP contribution in [0.4, 0.5) is 5.69 Å². The molecule has 2 aromatic carbocycles. The van der Waals surface area contributed by atoms with E-state index in [4.69, 9.17) is 4.74 Å². The Balaban J connectivity index is 1.58. The fraction of sp³-hybridized carbons (Fsp3) is 0.286. The number of carbonyl (C=O) groups is 1. The summed E-state index contributed by atoms with van der Waals surface area (Å²) in [4.78, 5) is 17.8. The highest BCUT2D eigenvalue weighted by atomic mass is 16.5. The molecule has 0 saturated heterocycles. The number of anilines is 1. The summed E-state index contributed by atoms with van der Waals surface area (Å²) in [5.74, 6) is 0.654. The number of fused-ring (bicyclic) bond motifs is 1. The maximum atomic E-state index is 12.5. The fourth-order valence-electron chi connectivity index (χ4n) is 2.77. The molecular weight excluding hydrogens is 326 g/mol. The smallest absolute Gasteiger partial charge is 0.272 e. The van der Waals surface area contributed by atoms with Crippen LogP contribution >= 0.6 is 0 Å². The third-order valence-corrected chi connectivity index (χ3v) is 4.15. The number of hydrogen-bond donors (Lipinski definition) is 2. The zero-order valence-electron chi connectivity index (χ0n) is 15.5. The van der Waals surface area contributed by atoms with Crippen molar-refractivity contribution in [2.75, 3.05) is 32.6 Å². The maximum absolute atomic E-state index is 12.5. The molecule has 3 rings (SSSR count). The lowest BCUT2D eigenvalue weighted by molar-refractivity contribution is 0.102. The summed E-state index contributed by atoms with van der Waals surface area (Å²) in [6.45, 7) is 3.71. The quantitative estimate of drug-likeness (QED) is 0.631. The Hall–Kier alpha value is -2.79. The molecule has 5 heteroatoms. The zero-order valence-corrected chi connectivity index (χ0v) is 15.5. The number of ether oxygens (including phenoxy) is 1. The lowest BCUT2D eigenvalue weighted by atomic mass is 10.2. The summed E-state index contributed by atoms with van der Waals surface area (Å²) in [7, 11) is 4.09. The summed E-state index contributed by atoms with van der Waals surface area (Å²) in [5.41, 5.74) is 3.42. The van der Waals surface area contributed by atoms with Gasteiger partial charge >= 0.3 is 0 Å². The monoisotopic (exact) mass is 351 g/mol. The second-order valence-electron chi connectivity index (χ2n) is 6.76. The van der Waals surface area contributed by atoms with Gasteiger partial charge in [0.05, 0.1) is 6.61 Å². The molecule has 26 heavy (non-hydrogen) atoms. The molecule has 0 radical (unpaired) electrons. The second-order valence-corrected chi connectivity index (χ2v) is 6.76. The van der Waals surface area contributed by atoms with Gasteiger partial charge in [-0.2, -0.15) is 0 Å². The van der Waals surface area contributed by atoms with Gasteiger partial charge in [-0.3, -0.25) is 4.79 Å². The van der Waals surface area contributed by atoms with Gasteiger partial charge in [0.25, 0.3) is 5.91 Å². The Morgan fingerprint density at radius 2 is 1.88 bits per heavy atom. The van der Waals surface area contributed by atoms with E-state index in [2.05, 4.69) is 15.2 Å². The minimum Gasteiger partial charge on any atom is -0.494 e. The number of nitrogens with zero attached hydrogens (tertiary/aromatic N) is 1. The third kappa shape index (κ3) is 4.64. The first-order chi connectivity index (χ1) is 12.5. The van der Waals surface area contributed by atoms with Gasteiger partial charge in [0.2, 0.25) is 0 Å². The Morgan fingerprint density at radius 1 is 1.12 bits per heavy atom. The first-order valence-corrected chi connectivity index (χ1v) is 8.79. The van der Waals surface area contributed by atoms with Crippen molar-refractivity contribution in [3.63, 3.8) is 0 Å². The molecule has 1 amide bonds. The predicted molar refractivity (Wildman–Crippen MR) is 106 cm³/mol. The van der Waals surface area contributed by atoms with Crippen LogP contribution in [-0.4, -0.2) is 43.0 Å². The first kappa shape index (κ1) is 18.0. The van der Waals surface area contributed by atoms with Gasteiger partial charge in [0.15, 0.2) is 0 Å². The first-order valence-electron chi connectivity index (χ1n) is 8.79. The van der Waals surface area contributed by atoms with Crippen LogP contribution in [0.2, 0.25) is 0 Å². The molecule has 0 fully saturated rings. The largest absolute Gasteiger partial charge is 0.494 e. The lowest BCUT2D eigenvalue weighted by Crippen LogP contribution is -2.15. The van der Waals surface area contributed by atoms with E-state index in [0.717, 1.165) is 40.9 Å². The van der Waals surface area contributed by atoms with Crippen molar-refractivity contribution in [3.05, 3.63) is 59.8 Å². The second kappa shape index (κ2) is 8.06. The number of hydrogen-bond acceptors (Lipinski definition) is 3. The molecule has 136 valence electrons. The average Bonchev–Trinajstić information content (AvgIpc) is 3.03. The minimum absolute atomic E-state index is 0.154. The van der Waals surface area contributed by atoms with E-state index in [1.165, 1.54) is 0 Å². The summed E-state index contributed by atoms with van der Waals surface area (Å²) >= 11 is 0. The number of H-pyrrole nitrogens is 1. The van der Waals surface area contributed by atoms with Crippen LogP contribution in [0.15, 0.2) is 48.5 Å². The van der Waals surface area contributed by atoms with Crippen LogP contribution in [0.5, 0.6) is 5.75 Å². The molecule has 3 aromatic rings. The fourth-order valence-corrected chi connectivity index (χ4v) is 2.77. The van der Waals surface area contributed by atoms with Crippen LogP contribution in [0, 0.1) is 6.92 Å². The van der Waals surface area contributed by atoms with E-state index in [9.17, 15) is 4.79 Å². The van der Waals surface area contributed by atoms with Crippen LogP contribution in [0.1, 0.15) is 22.5 Å². The van der Waals surface area contributed by atoms with Crippen molar-refractivity contribution in [2.45, 2.75) is 13.3 Å². The van der Waals surface area contributed by atoms with Gasteiger partial charge in [-0.1, -0.05) is 12.1 Å². The number of amides is 1. The number of carbonyl (C=O) groups excluding carboxylic acids is 1. The summed E-state index contributed by atoms with van der Waals surface area (Å²) in [6.07, 6.45) is 0.978. The van der Waals surface area contributed by atoms with E-state index in [-0.39, 0.29) is 5.91 Å². The molecule has 0 aliphatic carbocycles. The van der Waals surface area contributed by atoms with Crippen LogP contribution in [0.3, 0.4) is 0 Å². The van der Waals surface area contributed by atoms with Crippen LogP contribution in [-0.2, 0) is 0 Å².